The number of imidazole rings is 1. The lowest BCUT2D eigenvalue weighted by Gasteiger charge is -2.13. The fourth-order valence-corrected chi connectivity index (χ4v) is 1.82. The molecule has 1 unspecified atom stereocenters. The van der Waals surface area contributed by atoms with Crippen molar-refractivity contribution in [1.29, 1.82) is 5.26 Å². The molecule has 0 bridgehead atoms. The maximum atomic E-state index is 9.08. The van der Waals surface area contributed by atoms with Crippen molar-refractivity contribution in [2.75, 3.05) is 0 Å². The van der Waals surface area contributed by atoms with Crippen molar-refractivity contribution in [3.63, 3.8) is 0 Å². The lowest BCUT2D eigenvalue weighted by atomic mass is 10.3. The Bertz CT molecular complexity index is 373. The normalized spacial score (nSPS) is 17.0. The van der Waals surface area contributed by atoms with Crippen molar-refractivity contribution >= 4 is 0 Å². The molecule has 0 aliphatic heterocycles. The maximum Gasteiger partial charge on any atom is 0.114 e. The molecule has 2 rings (SSSR count). The molecule has 4 heteroatoms. The highest BCUT2D eigenvalue weighted by atomic mass is 15.1. The van der Waals surface area contributed by atoms with Gasteiger partial charge in [0.2, 0.25) is 0 Å². The summed E-state index contributed by atoms with van der Waals surface area (Å²) in [4.78, 5) is 4.31. The zero-order valence-corrected chi connectivity index (χ0v) is 9.69. The molecule has 1 saturated carbocycles. The van der Waals surface area contributed by atoms with Crippen LogP contribution >= 0.6 is 0 Å². The van der Waals surface area contributed by atoms with Crippen LogP contribution in [0.5, 0.6) is 0 Å². The fourth-order valence-electron chi connectivity index (χ4n) is 1.82. The minimum absolute atomic E-state index is 0.0858. The van der Waals surface area contributed by atoms with Crippen LogP contribution in [0.3, 0.4) is 0 Å². The quantitative estimate of drug-likeness (QED) is 0.787. The van der Waals surface area contributed by atoms with Gasteiger partial charge in [0.25, 0.3) is 0 Å². The number of nitrogens with one attached hydrogen (secondary N) is 1. The second-order valence-corrected chi connectivity index (χ2v) is 4.37. The number of nitrogens with zero attached hydrogens (tertiary/aromatic N) is 3. The van der Waals surface area contributed by atoms with E-state index in [1.807, 2.05) is 12.4 Å². The van der Waals surface area contributed by atoms with Crippen molar-refractivity contribution in [3.05, 3.63) is 18.2 Å². The van der Waals surface area contributed by atoms with Gasteiger partial charge in [0.05, 0.1) is 12.6 Å². The first-order valence-corrected chi connectivity index (χ1v) is 5.99. The smallest absolute Gasteiger partial charge is 0.114 e. The van der Waals surface area contributed by atoms with E-state index in [-0.39, 0.29) is 6.04 Å². The molecule has 4 nitrogen and oxygen atoms in total. The van der Waals surface area contributed by atoms with Crippen LogP contribution in [0, 0.1) is 11.3 Å². The molecule has 0 saturated heterocycles. The summed E-state index contributed by atoms with van der Waals surface area (Å²) in [7, 11) is 0. The van der Waals surface area contributed by atoms with Gasteiger partial charge >= 0.3 is 0 Å². The molecule has 86 valence electrons. The highest BCUT2D eigenvalue weighted by Crippen LogP contribution is 2.19. The summed E-state index contributed by atoms with van der Waals surface area (Å²) in [5.41, 5.74) is 0. The van der Waals surface area contributed by atoms with E-state index in [2.05, 4.69) is 27.9 Å². The third-order valence-electron chi connectivity index (χ3n) is 2.82. The molecule has 1 N–H and O–H groups in total. The Labute approximate surface area is 96.3 Å². The minimum atomic E-state index is -0.0858. The van der Waals surface area contributed by atoms with Crippen LogP contribution in [-0.4, -0.2) is 21.6 Å². The van der Waals surface area contributed by atoms with Crippen LogP contribution < -0.4 is 5.32 Å². The summed E-state index contributed by atoms with van der Waals surface area (Å²) >= 11 is 0. The predicted octanol–water partition coefficient (Wildman–Crippen LogP) is 1.48. The third kappa shape index (κ3) is 2.83. The maximum absolute atomic E-state index is 9.08. The van der Waals surface area contributed by atoms with E-state index in [0.29, 0.717) is 12.6 Å². The summed E-state index contributed by atoms with van der Waals surface area (Å²) < 4.78 is 2.09. The molecule has 0 aromatic carbocycles. The monoisotopic (exact) mass is 218 g/mol. The zero-order valence-electron chi connectivity index (χ0n) is 9.69. The molecule has 1 atom stereocenters. The topological polar surface area (TPSA) is 53.6 Å². The summed E-state index contributed by atoms with van der Waals surface area (Å²) in [5.74, 6) is 1.08. The van der Waals surface area contributed by atoms with E-state index < -0.39 is 0 Å². The number of hydrogen-bond donors (Lipinski definition) is 1. The molecule has 0 amide bonds. The molecular weight excluding hydrogens is 200 g/mol. The van der Waals surface area contributed by atoms with E-state index in [0.717, 1.165) is 18.7 Å². The standard InChI is InChI=1S/C12H18N4/c1-2-3-12-14-6-7-16(12)9-11(8-13)15-10-4-5-10/h6-7,10-11,15H,2-5,9H2,1H3. The van der Waals surface area contributed by atoms with Gasteiger partial charge in [-0.15, -0.1) is 0 Å². The molecule has 0 spiro atoms. The molecular formula is C12H18N4. The second kappa shape index (κ2) is 5.13. The van der Waals surface area contributed by atoms with Gasteiger partial charge in [-0.3, -0.25) is 5.32 Å². The molecule has 1 aliphatic rings. The lowest BCUT2D eigenvalue weighted by molar-refractivity contribution is 0.506. The summed E-state index contributed by atoms with van der Waals surface area (Å²) in [6, 6.07) is 2.81. The van der Waals surface area contributed by atoms with Crippen molar-refractivity contribution < 1.29 is 0 Å². The molecule has 0 radical (unpaired) electrons. The van der Waals surface area contributed by atoms with Crippen LogP contribution in [0.25, 0.3) is 0 Å². The molecule has 1 fully saturated rings. The van der Waals surface area contributed by atoms with Crippen LogP contribution in [-0.2, 0) is 13.0 Å². The van der Waals surface area contributed by atoms with E-state index in [1.54, 1.807) is 0 Å². The molecule has 1 aromatic rings. The van der Waals surface area contributed by atoms with Crippen LogP contribution in [0.4, 0.5) is 0 Å². The molecule has 1 aliphatic carbocycles. The van der Waals surface area contributed by atoms with E-state index in [4.69, 9.17) is 5.26 Å². The Kier molecular flexibility index (Phi) is 3.58. The van der Waals surface area contributed by atoms with Gasteiger partial charge in [0.1, 0.15) is 11.9 Å². The number of hydrogen-bond acceptors (Lipinski definition) is 3. The summed E-state index contributed by atoms with van der Waals surface area (Å²) in [6.07, 6.45) is 8.27. The number of nitriles is 1. The molecule has 1 heterocycles. The number of aromatic nitrogens is 2. The Morgan fingerprint density at radius 2 is 2.50 bits per heavy atom. The Balaban J connectivity index is 1.94. The second-order valence-electron chi connectivity index (χ2n) is 4.37. The third-order valence-corrected chi connectivity index (χ3v) is 2.82. The van der Waals surface area contributed by atoms with E-state index in [9.17, 15) is 0 Å². The predicted molar refractivity (Wildman–Crippen MR) is 61.8 cm³/mol. The lowest BCUT2D eigenvalue weighted by Crippen LogP contribution is -2.33. The van der Waals surface area contributed by atoms with Gasteiger partial charge in [0, 0.05) is 24.9 Å². The largest absolute Gasteiger partial charge is 0.332 e. The number of rotatable bonds is 6. The fraction of sp³-hybridized carbons (Fsp3) is 0.667. The van der Waals surface area contributed by atoms with Crippen LogP contribution in [0.2, 0.25) is 0 Å². The van der Waals surface area contributed by atoms with Crippen LogP contribution in [0.15, 0.2) is 12.4 Å². The molecule has 16 heavy (non-hydrogen) atoms. The van der Waals surface area contributed by atoms with E-state index in [1.165, 1.54) is 12.8 Å². The van der Waals surface area contributed by atoms with Gasteiger partial charge in [-0.2, -0.15) is 5.26 Å². The zero-order chi connectivity index (χ0) is 11.4. The SMILES string of the molecule is CCCc1nccn1CC(C#N)NC1CC1. The Hall–Kier alpha value is -1.34. The van der Waals surface area contributed by atoms with Gasteiger partial charge in [-0.05, 0) is 19.3 Å². The van der Waals surface area contributed by atoms with Crippen LogP contribution in [0.1, 0.15) is 32.0 Å². The van der Waals surface area contributed by atoms with Gasteiger partial charge in [0.15, 0.2) is 0 Å². The number of aryl methyl sites for hydroxylation is 1. The van der Waals surface area contributed by atoms with Crippen molar-refractivity contribution in [2.24, 2.45) is 0 Å². The first kappa shape index (κ1) is 11.2. The summed E-state index contributed by atoms with van der Waals surface area (Å²) in [5, 5.41) is 12.4. The Morgan fingerprint density at radius 1 is 1.69 bits per heavy atom. The van der Waals surface area contributed by atoms with Gasteiger partial charge in [-0.25, -0.2) is 4.98 Å². The van der Waals surface area contributed by atoms with E-state index >= 15 is 0 Å². The highest BCUT2D eigenvalue weighted by molar-refractivity contribution is 5.00. The average Bonchev–Trinajstić information content (AvgIpc) is 3.00. The first-order chi connectivity index (χ1) is 7.83. The van der Waals surface area contributed by atoms with Crippen molar-refractivity contribution in [2.45, 2.75) is 51.2 Å². The van der Waals surface area contributed by atoms with Gasteiger partial charge in [-0.1, -0.05) is 6.92 Å². The van der Waals surface area contributed by atoms with Crippen molar-refractivity contribution in [1.82, 2.24) is 14.9 Å². The summed E-state index contributed by atoms with van der Waals surface area (Å²) in [6.45, 7) is 2.85. The first-order valence-electron chi connectivity index (χ1n) is 5.99. The van der Waals surface area contributed by atoms with Gasteiger partial charge < -0.3 is 4.57 Å². The Morgan fingerprint density at radius 3 is 3.12 bits per heavy atom. The molecule has 1 aromatic heterocycles. The van der Waals surface area contributed by atoms with Crippen molar-refractivity contribution in [3.8, 4) is 6.07 Å². The minimum Gasteiger partial charge on any atom is -0.332 e. The average molecular weight is 218 g/mol. The highest BCUT2D eigenvalue weighted by Gasteiger charge is 2.24.